The number of aromatic amines is 1. The zero-order chi connectivity index (χ0) is 15.5. The van der Waals surface area contributed by atoms with Gasteiger partial charge in [0.25, 0.3) is 0 Å². The molecule has 22 heavy (non-hydrogen) atoms. The summed E-state index contributed by atoms with van der Waals surface area (Å²) in [7, 11) is 0. The standard InChI is InChI=1S/C17H22N4S/c1-11(10-18)16-17-15(12-6-2-3-7-13(12)19-16)14(20-21-17)8-4-5-9-22/h2-3,6-7,11,22H,4-5,8-10,18H2,1H3,(H,20,21). The third kappa shape index (κ3) is 2.71. The number of pyridine rings is 1. The number of aromatic nitrogens is 3. The zero-order valence-electron chi connectivity index (χ0n) is 12.8. The molecule has 3 rings (SSSR count). The summed E-state index contributed by atoms with van der Waals surface area (Å²) < 4.78 is 0. The van der Waals surface area contributed by atoms with Gasteiger partial charge in [0.2, 0.25) is 0 Å². The molecule has 0 spiro atoms. The minimum atomic E-state index is 0.195. The Hall–Kier alpha value is -1.59. The molecule has 0 radical (unpaired) electrons. The minimum Gasteiger partial charge on any atom is -0.330 e. The number of fused-ring (bicyclic) bond motifs is 3. The highest BCUT2D eigenvalue weighted by Gasteiger charge is 2.18. The molecule has 2 heterocycles. The van der Waals surface area contributed by atoms with E-state index >= 15 is 0 Å². The normalized spacial score (nSPS) is 13.0. The summed E-state index contributed by atoms with van der Waals surface area (Å²) in [5, 5.41) is 10.2. The lowest BCUT2D eigenvalue weighted by Gasteiger charge is -2.11. The molecule has 3 aromatic rings. The van der Waals surface area contributed by atoms with E-state index in [0.717, 1.165) is 41.7 Å². The van der Waals surface area contributed by atoms with E-state index in [-0.39, 0.29) is 5.92 Å². The van der Waals surface area contributed by atoms with Crippen molar-refractivity contribution >= 4 is 34.4 Å². The average molecular weight is 314 g/mol. The fraction of sp³-hybridized carbons (Fsp3) is 0.412. The van der Waals surface area contributed by atoms with Crippen molar-refractivity contribution in [2.24, 2.45) is 5.73 Å². The van der Waals surface area contributed by atoms with E-state index < -0.39 is 0 Å². The maximum absolute atomic E-state index is 5.86. The second-order valence-electron chi connectivity index (χ2n) is 5.76. The maximum atomic E-state index is 5.86. The van der Waals surface area contributed by atoms with E-state index in [1.807, 2.05) is 6.07 Å². The lowest BCUT2D eigenvalue weighted by Crippen LogP contribution is -2.11. The van der Waals surface area contributed by atoms with Crippen LogP contribution >= 0.6 is 12.6 Å². The molecule has 0 aliphatic heterocycles. The predicted octanol–water partition coefficient (Wildman–Crippen LogP) is 3.43. The smallest absolute Gasteiger partial charge is 0.115 e. The third-order valence-corrected chi connectivity index (χ3v) is 4.47. The summed E-state index contributed by atoms with van der Waals surface area (Å²) in [6.07, 6.45) is 3.21. The van der Waals surface area contributed by atoms with Crippen LogP contribution in [0.5, 0.6) is 0 Å². The van der Waals surface area contributed by atoms with Gasteiger partial charge in [0.1, 0.15) is 5.52 Å². The van der Waals surface area contributed by atoms with Gasteiger partial charge in [0.15, 0.2) is 0 Å². The number of nitrogens with zero attached hydrogens (tertiary/aromatic N) is 2. The summed E-state index contributed by atoms with van der Waals surface area (Å²) >= 11 is 4.29. The monoisotopic (exact) mass is 314 g/mol. The van der Waals surface area contributed by atoms with E-state index in [0.29, 0.717) is 6.54 Å². The molecule has 1 unspecified atom stereocenters. The number of rotatable bonds is 6. The van der Waals surface area contributed by atoms with Gasteiger partial charge >= 0.3 is 0 Å². The molecular formula is C17H22N4S. The van der Waals surface area contributed by atoms with Gasteiger partial charge < -0.3 is 5.73 Å². The predicted molar refractivity (Wildman–Crippen MR) is 95.7 cm³/mol. The van der Waals surface area contributed by atoms with Crippen LogP contribution in [0.15, 0.2) is 24.3 Å². The quantitative estimate of drug-likeness (QED) is 0.482. The molecule has 5 heteroatoms. The number of thiol groups is 1. The van der Waals surface area contributed by atoms with Crippen LogP contribution in [-0.2, 0) is 6.42 Å². The Labute approximate surface area is 135 Å². The number of aryl methyl sites for hydroxylation is 1. The largest absolute Gasteiger partial charge is 0.330 e. The summed E-state index contributed by atoms with van der Waals surface area (Å²) in [4.78, 5) is 4.81. The van der Waals surface area contributed by atoms with E-state index in [4.69, 9.17) is 10.7 Å². The molecule has 1 aromatic carbocycles. The second kappa shape index (κ2) is 6.67. The van der Waals surface area contributed by atoms with Crippen LogP contribution in [0.1, 0.15) is 37.1 Å². The van der Waals surface area contributed by atoms with Crippen molar-refractivity contribution in [2.45, 2.75) is 32.1 Å². The number of unbranched alkanes of at least 4 members (excludes halogenated alkanes) is 1. The number of nitrogens with two attached hydrogens (primary N) is 1. The highest BCUT2D eigenvalue weighted by Crippen LogP contribution is 2.31. The summed E-state index contributed by atoms with van der Waals surface area (Å²) in [5.74, 6) is 1.12. The summed E-state index contributed by atoms with van der Waals surface area (Å²) in [6.45, 7) is 2.67. The van der Waals surface area contributed by atoms with Crippen molar-refractivity contribution in [3.8, 4) is 0 Å². The van der Waals surface area contributed by atoms with Gasteiger partial charge in [-0.25, -0.2) is 0 Å². The van der Waals surface area contributed by atoms with Crippen LogP contribution in [0.3, 0.4) is 0 Å². The topological polar surface area (TPSA) is 67.6 Å². The maximum Gasteiger partial charge on any atom is 0.115 e. The van der Waals surface area contributed by atoms with Gasteiger partial charge in [0, 0.05) is 28.9 Å². The molecule has 116 valence electrons. The van der Waals surface area contributed by atoms with Crippen molar-refractivity contribution in [1.29, 1.82) is 0 Å². The number of nitrogens with one attached hydrogen (secondary N) is 1. The van der Waals surface area contributed by atoms with E-state index in [1.165, 1.54) is 16.5 Å². The van der Waals surface area contributed by atoms with Crippen LogP contribution in [0.25, 0.3) is 21.8 Å². The van der Waals surface area contributed by atoms with Gasteiger partial charge in [-0.3, -0.25) is 10.1 Å². The summed E-state index contributed by atoms with van der Waals surface area (Å²) in [6, 6.07) is 8.27. The first kappa shape index (κ1) is 15.3. The number of H-pyrrole nitrogens is 1. The molecule has 2 aromatic heterocycles. The van der Waals surface area contributed by atoms with Crippen LogP contribution in [-0.4, -0.2) is 27.5 Å². The van der Waals surface area contributed by atoms with E-state index in [1.54, 1.807) is 0 Å². The molecule has 0 aliphatic rings. The Bertz CT molecular complexity index is 781. The van der Waals surface area contributed by atoms with E-state index in [9.17, 15) is 0 Å². The van der Waals surface area contributed by atoms with Crippen molar-refractivity contribution in [3.63, 3.8) is 0 Å². The van der Waals surface area contributed by atoms with Crippen LogP contribution in [0.4, 0.5) is 0 Å². The fourth-order valence-corrected chi connectivity index (χ4v) is 3.09. The molecule has 0 amide bonds. The number of para-hydroxylation sites is 1. The Morgan fingerprint density at radius 1 is 1.27 bits per heavy atom. The number of hydrogen-bond donors (Lipinski definition) is 3. The minimum absolute atomic E-state index is 0.195. The first-order valence-corrected chi connectivity index (χ1v) is 8.46. The van der Waals surface area contributed by atoms with Gasteiger partial charge in [-0.15, -0.1) is 0 Å². The molecule has 4 nitrogen and oxygen atoms in total. The highest BCUT2D eigenvalue weighted by molar-refractivity contribution is 7.80. The van der Waals surface area contributed by atoms with Gasteiger partial charge in [0.05, 0.1) is 11.2 Å². The van der Waals surface area contributed by atoms with Gasteiger partial charge in [-0.05, 0) is 31.1 Å². The van der Waals surface area contributed by atoms with Crippen molar-refractivity contribution in [2.75, 3.05) is 12.3 Å². The lowest BCUT2D eigenvalue weighted by molar-refractivity contribution is 0.754. The van der Waals surface area contributed by atoms with Gasteiger partial charge in [-0.2, -0.15) is 17.7 Å². The first-order valence-electron chi connectivity index (χ1n) is 7.82. The zero-order valence-corrected chi connectivity index (χ0v) is 13.7. The van der Waals surface area contributed by atoms with Crippen molar-refractivity contribution in [3.05, 3.63) is 35.7 Å². The fourth-order valence-electron chi connectivity index (χ4n) is 2.87. The van der Waals surface area contributed by atoms with Crippen LogP contribution < -0.4 is 5.73 Å². The van der Waals surface area contributed by atoms with Crippen LogP contribution in [0, 0.1) is 0 Å². The molecule has 0 bridgehead atoms. The number of hydrogen-bond acceptors (Lipinski definition) is 4. The third-order valence-electron chi connectivity index (χ3n) is 4.15. The second-order valence-corrected chi connectivity index (χ2v) is 6.20. The molecule has 1 atom stereocenters. The van der Waals surface area contributed by atoms with Gasteiger partial charge in [-0.1, -0.05) is 25.1 Å². The SMILES string of the molecule is CC(CN)c1nc2ccccc2c2c(CCCCS)[nH]nc12. The lowest BCUT2D eigenvalue weighted by atomic mass is 10.00. The summed E-state index contributed by atoms with van der Waals surface area (Å²) in [5.41, 5.74) is 10.0. The highest BCUT2D eigenvalue weighted by atomic mass is 32.1. The molecular weight excluding hydrogens is 292 g/mol. The molecule has 0 saturated heterocycles. The first-order chi connectivity index (χ1) is 10.8. The Balaban J connectivity index is 2.20. The molecule has 0 aliphatic carbocycles. The van der Waals surface area contributed by atoms with Crippen molar-refractivity contribution < 1.29 is 0 Å². The molecule has 3 N–H and O–H groups in total. The Morgan fingerprint density at radius 3 is 2.86 bits per heavy atom. The van der Waals surface area contributed by atoms with Crippen LogP contribution in [0.2, 0.25) is 0 Å². The molecule has 0 fully saturated rings. The van der Waals surface area contributed by atoms with E-state index in [2.05, 4.69) is 47.9 Å². The number of benzene rings is 1. The average Bonchev–Trinajstić information content (AvgIpc) is 2.98. The molecule has 0 saturated carbocycles. The Morgan fingerprint density at radius 2 is 2.09 bits per heavy atom. The Kier molecular flexibility index (Phi) is 4.64. The van der Waals surface area contributed by atoms with Crippen molar-refractivity contribution in [1.82, 2.24) is 15.2 Å².